The Balaban J connectivity index is 1.75. The number of benzene rings is 1. The first-order valence-corrected chi connectivity index (χ1v) is 10.0. The molecule has 2 fully saturated rings. The summed E-state index contributed by atoms with van der Waals surface area (Å²) in [4.78, 5) is 14.5. The van der Waals surface area contributed by atoms with Gasteiger partial charge >= 0.3 is 0 Å². The molecule has 1 amide bonds. The van der Waals surface area contributed by atoms with Crippen LogP contribution in [-0.4, -0.2) is 49.7 Å². The second-order valence-electron chi connectivity index (χ2n) is 7.28. The summed E-state index contributed by atoms with van der Waals surface area (Å²) in [6, 6.07) is 3.82. The Hall–Kier alpha value is -1.40. The molecule has 1 aliphatic heterocycles. The molecule has 0 spiro atoms. The van der Waals surface area contributed by atoms with Gasteiger partial charge in [-0.15, -0.1) is 0 Å². The summed E-state index contributed by atoms with van der Waals surface area (Å²) in [7, 11) is -3.51. The van der Waals surface area contributed by atoms with E-state index in [9.17, 15) is 13.2 Å². The maximum Gasteiger partial charge on any atom is 0.243 e. The van der Waals surface area contributed by atoms with E-state index in [0.717, 1.165) is 23.1 Å². The molecule has 1 aromatic carbocycles. The molecule has 1 saturated carbocycles. The third-order valence-corrected chi connectivity index (χ3v) is 7.38. The lowest BCUT2D eigenvalue weighted by molar-refractivity contribution is -0.134. The van der Waals surface area contributed by atoms with Crippen molar-refractivity contribution < 1.29 is 13.2 Å². The highest BCUT2D eigenvalue weighted by molar-refractivity contribution is 7.89. The molecule has 5 nitrogen and oxygen atoms in total. The van der Waals surface area contributed by atoms with E-state index < -0.39 is 10.0 Å². The number of rotatable bonds is 3. The van der Waals surface area contributed by atoms with Crippen LogP contribution in [0.2, 0.25) is 0 Å². The van der Waals surface area contributed by atoms with Crippen molar-refractivity contribution >= 4 is 15.9 Å². The maximum absolute atomic E-state index is 13.0. The summed E-state index contributed by atoms with van der Waals surface area (Å²) in [5.41, 5.74) is 2.65. The van der Waals surface area contributed by atoms with Gasteiger partial charge in [-0.3, -0.25) is 4.79 Å². The van der Waals surface area contributed by atoms with Crippen molar-refractivity contribution in [2.75, 3.05) is 26.2 Å². The Bertz CT molecular complexity index is 741. The van der Waals surface area contributed by atoms with Crippen molar-refractivity contribution in [1.29, 1.82) is 0 Å². The summed E-state index contributed by atoms with van der Waals surface area (Å²) in [5.74, 6) is 0.842. The summed E-state index contributed by atoms with van der Waals surface area (Å²) in [6.45, 7) is 9.49. The van der Waals surface area contributed by atoms with E-state index in [1.165, 1.54) is 4.31 Å². The van der Waals surface area contributed by atoms with E-state index in [4.69, 9.17) is 0 Å². The van der Waals surface area contributed by atoms with E-state index in [2.05, 4.69) is 6.92 Å². The van der Waals surface area contributed by atoms with Crippen molar-refractivity contribution in [2.24, 2.45) is 11.8 Å². The minimum Gasteiger partial charge on any atom is -0.340 e. The van der Waals surface area contributed by atoms with E-state index in [-0.39, 0.29) is 11.8 Å². The molecular formula is C18H26N2O3S. The van der Waals surface area contributed by atoms with Gasteiger partial charge in [0.25, 0.3) is 0 Å². The molecule has 132 valence electrons. The quantitative estimate of drug-likeness (QED) is 0.839. The SMILES string of the molecule is Cc1cc(C)c(S(=O)(=O)N2CCN(C(=O)[C@@H]3C[C@H]3C)CC2)c(C)c1. The minimum atomic E-state index is -3.51. The number of hydrogen-bond donors (Lipinski definition) is 0. The van der Waals surface area contributed by atoms with Gasteiger partial charge in [-0.05, 0) is 44.2 Å². The Kier molecular flexibility index (Phi) is 4.47. The predicted molar refractivity (Wildman–Crippen MR) is 93.3 cm³/mol. The van der Waals surface area contributed by atoms with Crippen LogP contribution in [0.1, 0.15) is 30.0 Å². The fourth-order valence-electron chi connectivity index (χ4n) is 3.75. The second kappa shape index (κ2) is 6.15. The van der Waals surface area contributed by atoms with Gasteiger partial charge in [-0.2, -0.15) is 4.31 Å². The lowest BCUT2D eigenvalue weighted by Gasteiger charge is -2.34. The smallest absolute Gasteiger partial charge is 0.243 e. The topological polar surface area (TPSA) is 57.7 Å². The predicted octanol–water partition coefficient (Wildman–Crippen LogP) is 2.10. The summed E-state index contributed by atoms with van der Waals surface area (Å²) < 4.78 is 27.6. The molecule has 1 aromatic rings. The van der Waals surface area contributed by atoms with Gasteiger partial charge < -0.3 is 4.90 Å². The van der Waals surface area contributed by atoms with Crippen molar-refractivity contribution in [3.8, 4) is 0 Å². The van der Waals surface area contributed by atoms with Crippen LogP contribution < -0.4 is 0 Å². The van der Waals surface area contributed by atoms with Crippen molar-refractivity contribution in [1.82, 2.24) is 9.21 Å². The van der Waals surface area contributed by atoms with Crippen LogP contribution in [0.3, 0.4) is 0 Å². The van der Waals surface area contributed by atoms with Crippen LogP contribution in [-0.2, 0) is 14.8 Å². The zero-order valence-electron chi connectivity index (χ0n) is 14.9. The Morgan fingerprint density at radius 1 is 1.04 bits per heavy atom. The third kappa shape index (κ3) is 3.09. The Morgan fingerprint density at radius 3 is 2.00 bits per heavy atom. The first kappa shape index (κ1) is 17.4. The molecular weight excluding hydrogens is 324 g/mol. The summed E-state index contributed by atoms with van der Waals surface area (Å²) in [5, 5.41) is 0. The molecule has 1 heterocycles. The molecule has 2 aliphatic rings. The number of piperazine rings is 1. The molecule has 0 aromatic heterocycles. The Morgan fingerprint density at radius 2 is 1.54 bits per heavy atom. The zero-order chi connectivity index (χ0) is 17.6. The molecule has 1 aliphatic carbocycles. The minimum absolute atomic E-state index is 0.162. The van der Waals surface area contributed by atoms with Gasteiger partial charge in [0.15, 0.2) is 0 Å². The molecule has 24 heavy (non-hydrogen) atoms. The number of nitrogens with zero attached hydrogens (tertiary/aromatic N) is 2. The molecule has 0 bridgehead atoms. The normalized spacial score (nSPS) is 24.9. The molecule has 3 rings (SSSR count). The van der Waals surface area contributed by atoms with E-state index in [0.29, 0.717) is 37.0 Å². The summed E-state index contributed by atoms with van der Waals surface area (Å²) >= 11 is 0. The highest BCUT2D eigenvalue weighted by atomic mass is 32.2. The molecule has 1 saturated heterocycles. The van der Waals surface area contributed by atoms with Crippen molar-refractivity contribution in [2.45, 2.75) is 39.0 Å². The largest absolute Gasteiger partial charge is 0.340 e. The van der Waals surface area contributed by atoms with E-state index in [1.807, 2.05) is 37.8 Å². The Labute approximate surface area is 144 Å². The number of carbonyl (C=O) groups is 1. The first-order chi connectivity index (χ1) is 11.2. The van der Waals surface area contributed by atoms with Crippen molar-refractivity contribution in [3.05, 3.63) is 28.8 Å². The fraction of sp³-hybridized carbons (Fsp3) is 0.611. The maximum atomic E-state index is 13.0. The average Bonchev–Trinajstić information content (AvgIpc) is 3.22. The standard InChI is InChI=1S/C18H26N2O3S/c1-12-9-14(3)17(15(4)10-12)24(22,23)20-7-5-19(6-8-20)18(21)16-11-13(16)2/h9-10,13,16H,5-8,11H2,1-4H3/t13-,16-/m1/s1. The van der Waals surface area contributed by atoms with Crippen LogP contribution in [0.25, 0.3) is 0 Å². The fourth-order valence-corrected chi connectivity index (χ4v) is 5.59. The third-order valence-electron chi connectivity index (χ3n) is 5.18. The monoisotopic (exact) mass is 350 g/mol. The van der Waals surface area contributed by atoms with E-state index >= 15 is 0 Å². The number of sulfonamides is 1. The van der Waals surface area contributed by atoms with Gasteiger partial charge in [0.2, 0.25) is 15.9 Å². The average molecular weight is 350 g/mol. The van der Waals surface area contributed by atoms with Gasteiger partial charge in [-0.25, -0.2) is 8.42 Å². The molecule has 0 unspecified atom stereocenters. The lowest BCUT2D eigenvalue weighted by atomic mass is 10.1. The van der Waals surface area contributed by atoms with Gasteiger partial charge in [0, 0.05) is 32.1 Å². The highest BCUT2D eigenvalue weighted by Gasteiger charge is 2.42. The van der Waals surface area contributed by atoms with Crippen LogP contribution in [0, 0.1) is 32.6 Å². The number of aryl methyl sites for hydroxylation is 3. The highest BCUT2D eigenvalue weighted by Crippen LogP contribution is 2.39. The van der Waals surface area contributed by atoms with E-state index in [1.54, 1.807) is 0 Å². The zero-order valence-corrected chi connectivity index (χ0v) is 15.7. The molecule has 6 heteroatoms. The van der Waals surface area contributed by atoms with Gasteiger partial charge in [0.1, 0.15) is 0 Å². The van der Waals surface area contributed by atoms with Crippen LogP contribution in [0.5, 0.6) is 0 Å². The van der Waals surface area contributed by atoms with Gasteiger partial charge in [0.05, 0.1) is 4.90 Å². The second-order valence-corrected chi connectivity index (χ2v) is 9.15. The van der Waals surface area contributed by atoms with Crippen LogP contribution in [0.15, 0.2) is 17.0 Å². The molecule has 0 N–H and O–H groups in total. The summed E-state index contributed by atoms with van der Waals surface area (Å²) in [6.07, 6.45) is 0.971. The first-order valence-electron chi connectivity index (χ1n) is 8.58. The van der Waals surface area contributed by atoms with Crippen LogP contribution in [0.4, 0.5) is 0 Å². The van der Waals surface area contributed by atoms with Crippen molar-refractivity contribution in [3.63, 3.8) is 0 Å². The molecule has 0 radical (unpaired) electrons. The van der Waals surface area contributed by atoms with Gasteiger partial charge in [-0.1, -0.05) is 24.6 Å². The van der Waals surface area contributed by atoms with Crippen LogP contribution >= 0.6 is 0 Å². The number of amides is 1. The lowest BCUT2D eigenvalue weighted by Crippen LogP contribution is -2.51. The number of hydrogen-bond acceptors (Lipinski definition) is 3. The number of carbonyl (C=O) groups excluding carboxylic acids is 1. The molecule has 2 atom stereocenters.